The first-order valence-corrected chi connectivity index (χ1v) is 7.18. The Kier molecular flexibility index (Phi) is 4.67. The Balaban J connectivity index is 2.24. The van der Waals surface area contributed by atoms with Crippen LogP contribution in [0.5, 0.6) is 0 Å². The summed E-state index contributed by atoms with van der Waals surface area (Å²) in [5, 5.41) is 5.48. The summed E-state index contributed by atoms with van der Waals surface area (Å²) in [5.41, 5.74) is 3.64. The Hall–Kier alpha value is -1.25. The molecule has 0 spiro atoms. The summed E-state index contributed by atoms with van der Waals surface area (Å²) in [5.74, 6) is 0. The fraction of sp³-hybridized carbons (Fsp3) is 0.375. The highest BCUT2D eigenvalue weighted by Gasteiger charge is 2.06. The second-order valence-electron chi connectivity index (χ2n) is 5.00. The van der Waals surface area contributed by atoms with Crippen molar-refractivity contribution in [2.75, 3.05) is 6.54 Å². The fourth-order valence-electron chi connectivity index (χ4n) is 2.13. The lowest BCUT2D eigenvalue weighted by molar-refractivity contribution is 0.604. The van der Waals surface area contributed by atoms with E-state index in [0.717, 1.165) is 23.5 Å². The number of halogens is 1. The molecule has 0 amide bonds. The first-order chi connectivity index (χ1) is 9.11. The highest BCUT2D eigenvalue weighted by atomic mass is 35.5. The summed E-state index contributed by atoms with van der Waals surface area (Å²) in [4.78, 5) is 3.27. The van der Waals surface area contributed by atoms with Crippen LogP contribution < -0.4 is 5.32 Å². The molecule has 1 heterocycles. The van der Waals surface area contributed by atoms with Gasteiger partial charge in [0.2, 0.25) is 0 Å². The number of hydrogen-bond acceptors (Lipinski definition) is 1. The minimum atomic E-state index is 0.400. The molecular weight excluding hydrogens is 256 g/mol. The topological polar surface area (TPSA) is 27.8 Å². The minimum Gasteiger partial charge on any atom is -0.361 e. The molecule has 1 aromatic heterocycles. The molecule has 2 aromatic rings. The molecule has 1 atom stereocenters. The molecule has 1 aromatic carbocycles. The number of aromatic nitrogens is 1. The van der Waals surface area contributed by atoms with E-state index in [-0.39, 0.29) is 0 Å². The van der Waals surface area contributed by atoms with Crippen molar-refractivity contribution in [3.05, 3.63) is 40.6 Å². The van der Waals surface area contributed by atoms with Gasteiger partial charge in [-0.15, -0.1) is 0 Å². The smallest absolute Gasteiger partial charge is 0.0475 e. The quantitative estimate of drug-likeness (QED) is 0.820. The Morgan fingerprint density at radius 1 is 1.47 bits per heavy atom. The SMILES string of the molecule is CCCNC(C)/C(C)=C/c1c[nH]c2cc(Cl)ccc12. The summed E-state index contributed by atoms with van der Waals surface area (Å²) < 4.78 is 0. The van der Waals surface area contributed by atoms with E-state index in [2.05, 4.69) is 43.2 Å². The van der Waals surface area contributed by atoms with Gasteiger partial charge in [0.05, 0.1) is 0 Å². The van der Waals surface area contributed by atoms with Crippen molar-refractivity contribution < 1.29 is 0 Å². The first-order valence-electron chi connectivity index (χ1n) is 6.80. The molecule has 19 heavy (non-hydrogen) atoms. The molecule has 3 heteroatoms. The maximum absolute atomic E-state index is 6.00. The number of H-pyrrole nitrogens is 1. The zero-order chi connectivity index (χ0) is 13.8. The van der Waals surface area contributed by atoms with Crippen LogP contribution in [0.15, 0.2) is 30.0 Å². The molecule has 0 bridgehead atoms. The molecule has 0 saturated carbocycles. The van der Waals surface area contributed by atoms with Gasteiger partial charge < -0.3 is 10.3 Å². The zero-order valence-corrected chi connectivity index (χ0v) is 12.5. The van der Waals surface area contributed by atoms with Crippen molar-refractivity contribution in [2.24, 2.45) is 0 Å². The van der Waals surface area contributed by atoms with Crippen LogP contribution in [-0.4, -0.2) is 17.6 Å². The van der Waals surface area contributed by atoms with Crippen molar-refractivity contribution in [3.8, 4) is 0 Å². The van der Waals surface area contributed by atoms with Crippen LogP contribution in [0, 0.1) is 0 Å². The predicted molar refractivity (Wildman–Crippen MR) is 84.7 cm³/mol. The molecule has 2 nitrogen and oxygen atoms in total. The van der Waals surface area contributed by atoms with Crippen LogP contribution in [-0.2, 0) is 0 Å². The lowest BCUT2D eigenvalue weighted by Gasteiger charge is -2.13. The van der Waals surface area contributed by atoms with E-state index in [1.807, 2.05) is 18.3 Å². The van der Waals surface area contributed by atoms with Crippen molar-refractivity contribution >= 4 is 28.6 Å². The Bertz CT molecular complexity index is 583. The van der Waals surface area contributed by atoms with Crippen LogP contribution in [0.3, 0.4) is 0 Å². The number of hydrogen-bond donors (Lipinski definition) is 2. The number of benzene rings is 1. The van der Waals surface area contributed by atoms with E-state index in [0.29, 0.717) is 6.04 Å². The maximum atomic E-state index is 6.00. The average molecular weight is 277 g/mol. The van der Waals surface area contributed by atoms with Crippen LogP contribution >= 0.6 is 11.6 Å². The molecule has 0 saturated heterocycles. The Morgan fingerprint density at radius 3 is 3.00 bits per heavy atom. The predicted octanol–water partition coefficient (Wildman–Crippen LogP) is 4.61. The van der Waals surface area contributed by atoms with Gasteiger partial charge in [-0.1, -0.05) is 36.2 Å². The van der Waals surface area contributed by atoms with E-state index < -0.39 is 0 Å². The van der Waals surface area contributed by atoms with Crippen molar-refractivity contribution in [1.82, 2.24) is 10.3 Å². The molecule has 0 radical (unpaired) electrons. The maximum Gasteiger partial charge on any atom is 0.0475 e. The second-order valence-corrected chi connectivity index (χ2v) is 5.43. The zero-order valence-electron chi connectivity index (χ0n) is 11.8. The second kappa shape index (κ2) is 6.27. The van der Waals surface area contributed by atoms with Gasteiger partial charge in [-0.05, 0) is 44.5 Å². The number of aromatic amines is 1. The van der Waals surface area contributed by atoms with Crippen LogP contribution in [0.2, 0.25) is 5.02 Å². The lowest BCUT2D eigenvalue weighted by Crippen LogP contribution is -2.27. The molecule has 2 rings (SSSR count). The molecule has 1 unspecified atom stereocenters. The molecule has 0 fully saturated rings. The van der Waals surface area contributed by atoms with Gasteiger partial charge in [0.15, 0.2) is 0 Å². The molecule has 0 aliphatic heterocycles. The molecular formula is C16H21ClN2. The number of rotatable bonds is 5. The average Bonchev–Trinajstić information content (AvgIpc) is 2.78. The Morgan fingerprint density at radius 2 is 2.26 bits per heavy atom. The highest BCUT2D eigenvalue weighted by Crippen LogP contribution is 2.24. The molecule has 0 aliphatic rings. The summed E-state index contributed by atoms with van der Waals surface area (Å²) in [6.45, 7) is 7.60. The van der Waals surface area contributed by atoms with Gasteiger partial charge >= 0.3 is 0 Å². The largest absolute Gasteiger partial charge is 0.361 e. The molecule has 2 N–H and O–H groups in total. The van der Waals surface area contributed by atoms with E-state index in [1.54, 1.807) is 0 Å². The minimum absolute atomic E-state index is 0.400. The van der Waals surface area contributed by atoms with Crippen molar-refractivity contribution in [2.45, 2.75) is 33.2 Å². The van der Waals surface area contributed by atoms with Crippen molar-refractivity contribution in [3.63, 3.8) is 0 Å². The summed E-state index contributed by atoms with van der Waals surface area (Å²) in [6.07, 6.45) is 5.43. The highest BCUT2D eigenvalue weighted by molar-refractivity contribution is 6.31. The van der Waals surface area contributed by atoms with Gasteiger partial charge in [-0.3, -0.25) is 0 Å². The van der Waals surface area contributed by atoms with Crippen molar-refractivity contribution in [1.29, 1.82) is 0 Å². The van der Waals surface area contributed by atoms with Crippen LogP contribution in [0.25, 0.3) is 17.0 Å². The van der Waals surface area contributed by atoms with E-state index in [9.17, 15) is 0 Å². The third-order valence-electron chi connectivity index (χ3n) is 3.44. The van der Waals surface area contributed by atoms with Gasteiger partial charge in [-0.25, -0.2) is 0 Å². The van der Waals surface area contributed by atoms with Gasteiger partial charge in [0.1, 0.15) is 0 Å². The Labute approximate surface area is 119 Å². The van der Waals surface area contributed by atoms with E-state index >= 15 is 0 Å². The summed E-state index contributed by atoms with van der Waals surface area (Å²) >= 11 is 6.00. The third kappa shape index (κ3) is 3.40. The van der Waals surface area contributed by atoms with Crippen LogP contribution in [0.4, 0.5) is 0 Å². The summed E-state index contributed by atoms with van der Waals surface area (Å²) in [6, 6.07) is 6.36. The van der Waals surface area contributed by atoms with E-state index in [1.165, 1.54) is 16.5 Å². The van der Waals surface area contributed by atoms with Gasteiger partial charge in [-0.2, -0.15) is 0 Å². The first kappa shape index (κ1) is 14.2. The van der Waals surface area contributed by atoms with Gasteiger partial charge in [0.25, 0.3) is 0 Å². The lowest BCUT2D eigenvalue weighted by atomic mass is 10.1. The van der Waals surface area contributed by atoms with Crippen LogP contribution in [0.1, 0.15) is 32.8 Å². The standard InChI is InChI=1S/C16H21ClN2/c1-4-7-18-12(3)11(2)8-13-10-19-16-9-14(17)5-6-15(13)16/h5-6,8-10,12,18-19H,4,7H2,1-3H3/b11-8+. The third-order valence-corrected chi connectivity index (χ3v) is 3.68. The fourth-order valence-corrected chi connectivity index (χ4v) is 2.30. The number of nitrogens with one attached hydrogen (secondary N) is 2. The summed E-state index contributed by atoms with van der Waals surface area (Å²) in [7, 11) is 0. The number of fused-ring (bicyclic) bond motifs is 1. The molecule has 0 aliphatic carbocycles. The molecule has 102 valence electrons. The monoisotopic (exact) mass is 276 g/mol. The normalized spacial score (nSPS) is 14.0. The van der Waals surface area contributed by atoms with Gasteiger partial charge in [0, 0.05) is 28.2 Å². The van der Waals surface area contributed by atoms with E-state index in [4.69, 9.17) is 11.6 Å².